The first-order chi connectivity index (χ1) is 10.9. The van der Waals surface area contributed by atoms with Crippen LogP contribution in [0.15, 0.2) is 27.8 Å². The van der Waals surface area contributed by atoms with Crippen LogP contribution >= 0.6 is 27.7 Å². The molecule has 0 spiro atoms. The van der Waals surface area contributed by atoms with Crippen molar-refractivity contribution in [3.05, 3.63) is 39.9 Å². The summed E-state index contributed by atoms with van der Waals surface area (Å²) in [4.78, 5) is 0. The molecule has 1 saturated heterocycles. The van der Waals surface area contributed by atoms with E-state index in [1.807, 2.05) is 11.6 Å². The van der Waals surface area contributed by atoms with Gasteiger partial charge in [-0.25, -0.2) is 12.8 Å². The monoisotopic (exact) mass is 419 g/mol. The highest BCUT2D eigenvalue weighted by atomic mass is 79.9. The van der Waals surface area contributed by atoms with Gasteiger partial charge in [0.15, 0.2) is 15.0 Å². The molecule has 1 aromatic carbocycles. The quantitative estimate of drug-likeness (QED) is 0.712. The number of hydrogen-bond acceptors (Lipinski definition) is 5. The van der Waals surface area contributed by atoms with Crippen molar-refractivity contribution in [2.45, 2.75) is 23.2 Å². The lowest BCUT2D eigenvalue weighted by Crippen LogP contribution is -2.09. The minimum Gasteiger partial charge on any atom is -0.309 e. The van der Waals surface area contributed by atoms with E-state index in [1.54, 1.807) is 12.1 Å². The molecule has 1 aromatic heterocycles. The zero-order valence-electron chi connectivity index (χ0n) is 12.4. The first kappa shape index (κ1) is 16.9. The standard InChI is InChI=1S/C14H15BrFN3O2S2/c1-19-13(9-4-5-23(20,21)8-9)17-18-14(19)22-7-10-6-11(15)2-3-12(10)16/h2-3,6,9H,4-5,7-8H2,1H3. The van der Waals surface area contributed by atoms with Crippen molar-refractivity contribution in [2.75, 3.05) is 11.5 Å². The SMILES string of the molecule is Cn1c(SCc2cc(Br)ccc2F)nnc1C1CCS(=O)(=O)C1. The van der Waals surface area contributed by atoms with Crippen LogP contribution in [0.3, 0.4) is 0 Å². The maximum absolute atomic E-state index is 13.8. The molecule has 124 valence electrons. The number of thioether (sulfide) groups is 1. The second kappa shape index (κ2) is 6.52. The highest BCUT2D eigenvalue weighted by Crippen LogP contribution is 2.30. The molecule has 0 bridgehead atoms. The second-order valence-electron chi connectivity index (χ2n) is 5.52. The van der Waals surface area contributed by atoms with Gasteiger partial charge in [-0.05, 0) is 30.2 Å². The van der Waals surface area contributed by atoms with Crippen LogP contribution in [0.2, 0.25) is 0 Å². The van der Waals surface area contributed by atoms with E-state index in [2.05, 4.69) is 26.1 Å². The van der Waals surface area contributed by atoms with Gasteiger partial charge in [0, 0.05) is 23.2 Å². The molecule has 1 atom stereocenters. The molecule has 1 unspecified atom stereocenters. The van der Waals surface area contributed by atoms with Crippen molar-refractivity contribution in [1.82, 2.24) is 14.8 Å². The molecule has 0 N–H and O–H groups in total. The Kier molecular flexibility index (Phi) is 4.80. The molecule has 0 aliphatic carbocycles. The lowest BCUT2D eigenvalue weighted by Gasteiger charge is -2.08. The zero-order valence-corrected chi connectivity index (χ0v) is 15.6. The highest BCUT2D eigenvalue weighted by Gasteiger charge is 2.32. The Morgan fingerprint density at radius 3 is 2.91 bits per heavy atom. The average Bonchev–Trinajstić information content (AvgIpc) is 3.02. The van der Waals surface area contributed by atoms with Crippen LogP contribution in [-0.4, -0.2) is 34.7 Å². The molecule has 1 fully saturated rings. The molecule has 2 aromatic rings. The summed E-state index contributed by atoms with van der Waals surface area (Å²) in [6.07, 6.45) is 0.583. The van der Waals surface area contributed by atoms with Crippen molar-refractivity contribution in [3.8, 4) is 0 Å². The molecule has 9 heteroatoms. The van der Waals surface area contributed by atoms with E-state index in [1.165, 1.54) is 17.8 Å². The Morgan fingerprint density at radius 2 is 2.22 bits per heavy atom. The first-order valence-corrected chi connectivity index (χ1v) is 10.6. The molecule has 23 heavy (non-hydrogen) atoms. The van der Waals surface area contributed by atoms with Gasteiger partial charge in [0.05, 0.1) is 11.5 Å². The first-order valence-electron chi connectivity index (χ1n) is 7.02. The van der Waals surface area contributed by atoms with E-state index in [9.17, 15) is 12.8 Å². The van der Waals surface area contributed by atoms with Crippen molar-refractivity contribution in [2.24, 2.45) is 7.05 Å². The van der Waals surface area contributed by atoms with Crippen LogP contribution in [0.25, 0.3) is 0 Å². The maximum atomic E-state index is 13.8. The van der Waals surface area contributed by atoms with Crippen LogP contribution < -0.4 is 0 Å². The zero-order chi connectivity index (χ0) is 16.6. The summed E-state index contributed by atoms with van der Waals surface area (Å²) in [5.41, 5.74) is 0.581. The van der Waals surface area contributed by atoms with Gasteiger partial charge in [-0.3, -0.25) is 0 Å². The Labute approximate surface area is 146 Å². The predicted octanol–water partition coefficient (Wildman–Crippen LogP) is 2.91. The Hall–Kier alpha value is -0.930. The average molecular weight is 420 g/mol. The Balaban J connectivity index is 1.74. The molecular weight excluding hydrogens is 405 g/mol. The van der Waals surface area contributed by atoms with E-state index in [-0.39, 0.29) is 23.2 Å². The molecular formula is C14H15BrFN3O2S2. The third kappa shape index (κ3) is 3.77. The number of halogens is 2. The van der Waals surface area contributed by atoms with Crippen LogP contribution in [0, 0.1) is 5.82 Å². The van der Waals surface area contributed by atoms with Crippen LogP contribution in [0.5, 0.6) is 0 Å². The number of aromatic nitrogens is 3. The fraction of sp³-hybridized carbons (Fsp3) is 0.429. The van der Waals surface area contributed by atoms with Gasteiger partial charge in [-0.2, -0.15) is 0 Å². The smallest absolute Gasteiger partial charge is 0.191 e. The lowest BCUT2D eigenvalue weighted by atomic mass is 10.1. The van der Waals surface area contributed by atoms with Gasteiger partial charge in [-0.15, -0.1) is 10.2 Å². The maximum Gasteiger partial charge on any atom is 0.191 e. The van der Waals surface area contributed by atoms with Gasteiger partial charge < -0.3 is 4.57 Å². The summed E-state index contributed by atoms with van der Waals surface area (Å²) in [7, 11) is -1.14. The molecule has 0 radical (unpaired) electrons. The van der Waals surface area contributed by atoms with E-state index < -0.39 is 9.84 Å². The van der Waals surface area contributed by atoms with E-state index >= 15 is 0 Å². The summed E-state index contributed by atoms with van der Waals surface area (Å²) in [6.45, 7) is 0. The largest absolute Gasteiger partial charge is 0.309 e. The van der Waals surface area contributed by atoms with E-state index in [0.717, 1.165) is 4.47 Å². The number of rotatable bonds is 4. The summed E-state index contributed by atoms with van der Waals surface area (Å²) in [5, 5.41) is 8.92. The van der Waals surface area contributed by atoms with Gasteiger partial charge >= 0.3 is 0 Å². The normalized spacial score (nSPS) is 20.0. The number of hydrogen-bond donors (Lipinski definition) is 0. The third-order valence-corrected chi connectivity index (χ3v) is 7.16. The van der Waals surface area contributed by atoms with Crippen LogP contribution in [0.1, 0.15) is 23.7 Å². The fourth-order valence-electron chi connectivity index (χ4n) is 2.60. The lowest BCUT2D eigenvalue weighted by molar-refractivity contribution is 0.599. The predicted molar refractivity (Wildman–Crippen MR) is 90.7 cm³/mol. The number of nitrogens with zero attached hydrogens (tertiary/aromatic N) is 3. The molecule has 0 saturated carbocycles. The third-order valence-electron chi connectivity index (χ3n) is 3.83. The van der Waals surface area contributed by atoms with Crippen LogP contribution in [-0.2, 0) is 22.6 Å². The summed E-state index contributed by atoms with van der Waals surface area (Å²) in [5.74, 6) is 1.09. The van der Waals surface area contributed by atoms with E-state index in [4.69, 9.17) is 0 Å². The summed E-state index contributed by atoms with van der Waals surface area (Å²) < 4.78 is 39.6. The van der Waals surface area contributed by atoms with Crippen molar-refractivity contribution in [3.63, 3.8) is 0 Å². The van der Waals surface area contributed by atoms with E-state index in [0.29, 0.717) is 28.7 Å². The molecule has 1 aliphatic rings. The Morgan fingerprint density at radius 1 is 1.43 bits per heavy atom. The topological polar surface area (TPSA) is 64.8 Å². The number of sulfone groups is 1. The molecule has 5 nitrogen and oxygen atoms in total. The minimum absolute atomic E-state index is 0.102. The molecule has 1 aliphatic heterocycles. The fourth-order valence-corrected chi connectivity index (χ4v) is 5.64. The van der Waals surface area contributed by atoms with Crippen molar-refractivity contribution < 1.29 is 12.8 Å². The van der Waals surface area contributed by atoms with Crippen molar-refractivity contribution >= 4 is 37.5 Å². The van der Waals surface area contributed by atoms with Gasteiger partial charge in [-0.1, -0.05) is 27.7 Å². The minimum atomic E-state index is -2.96. The second-order valence-corrected chi connectivity index (χ2v) is 9.61. The molecule has 3 rings (SSSR count). The molecule has 0 amide bonds. The Bertz CT molecular complexity index is 839. The highest BCUT2D eigenvalue weighted by molar-refractivity contribution is 9.10. The van der Waals surface area contributed by atoms with Crippen LogP contribution in [0.4, 0.5) is 4.39 Å². The van der Waals surface area contributed by atoms with Crippen molar-refractivity contribution in [1.29, 1.82) is 0 Å². The van der Waals surface area contributed by atoms with Gasteiger partial charge in [0.2, 0.25) is 0 Å². The summed E-state index contributed by atoms with van der Waals surface area (Å²) >= 11 is 4.71. The van der Waals surface area contributed by atoms with Gasteiger partial charge in [0.1, 0.15) is 11.6 Å². The molecule has 2 heterocycles. The summed E-state index contributed by atoms with van der Waals surface area (Å²) in [6, 6.07) is 4.82. The number of benzene rings is 1. The van der Waals surface area contributed by atoms with Gasteiger partial charge in [0.25, 0.3) is 0 Å².